The molecule has 2 N–H and O–H groups in total. The third-order valence-corrected chi connectivity index (χ3v) is 6.54. The van der Waals surface area contributed by atoms with Crippen LogP contribution in [0.1, 0.15) is 20.3 Å². The monoisotopic (exact) mass is 609 g/mol. The summed E-state index contributed by atoms with van der Waals surface area (Å²) in [6.07, 6.45) is -0.150. The van der Waals surface area contributed by atoms with E-state index in [1.807, 2.05) is 12.1 Å². The van der Waals surface area contributed by atoms with Gasteiger partial charge in [0.1, 0.15) is 11.8 Å². The molecule has 11 heteroatoms. The second-order valence-electron chi connectivity index (χ2n) is 7.89. The third kappa shape index (κ3) is 5.62. The number of Topliss-reactive ketones (excluding diaryl/α,β-unsaturated/α-hetero) is 1. The second-order valence-corrected chi connectivity index (χ2v) is 9.13. The van der Waals surface area contributed by atoms with Gasteiger partial charge in [-0.25, -0.2) is 5.43 Å². The molecule has 0 saturated carbocycles. The third-order valence-electron chi connectivity index (χ3n) is 5.82. The van der Waals surface area contributed by atoms with Crippen molar-refractivity contribution in [2.45, 2.75) is 26.3 Å². The molecule has 1 heterocycles. The minimum absolute atomic E-state index is 0.00929. The molecule has 1 aliphatic rings. The largest absolute Gasteiger partial charge is 0.497 e. The normalized spacial score (nSPS) is 18.4. The summed E-state index contributed by atoms with van der Waals surface area (Å²) in [4.78, 5) is 54.7. The molecule has 0 radical (unpaired) electrons. The summed E-state index contributed by atoms with van der Waals surface area (Å²) in [5.41, 5.74) is 4.53. The molecule has 0 aliphatic carbocycles. The van der Waals surface area contributed by atoms with Gasteiger partial charge in [-0.05, 0) is 91.4 Å². The molecule has 1 fully saturated rings. The van der Waals surface area contributed by atoms with Crippen molar-refractivity contribution in [3.05, 3.63) is 52.1 Å². The lowest BCUT2D eigenvalue weighted by atomic mass is 9.70. The molecule has 0 aromatic heterocycles. The number of ketones is 1. The van der Waals surface area contributed by atoms with Gasteiger partial charge in [-0.2, -0.15) is 0 Å². The Labute approximate surface area is 222 Å². The van der Waals surface area contributed by atoms with E-state index >= 15 is 0 Å². The number of amides is 1. The average molecular weight is 609 g/mol. The predicted octanol–water partition coefficient (Wildman–Crippen LogP) is 2.70. The van der Waals surface area contributed by atoms with Crippen molar-refractivity contribution in [3.8, 4) is 5.75 Å². The Morgan fingerprint density at radius 3 is 2.25 bits per heavy atom. The summed E-state index contributed by atoms with van der Waals surface area (Å²) < 4.78 is 16.5. The van der Waals surface area contributed by atoms with Gasteiger partial charge in [-0.1, -0.05) is 0 Å². The van der Waals surface area contributed by atoms with E-state index in [0.29, 0.717) is 17.1 Å². The average Bonchev–Trinajstić information content (AvgIpc) is 2.88. The van der Waals surface area contributed by atoms with Crippen LogP contribution in [0.4, 0.5) is 11.4 Å². The molecular formula is C25H28IN3O7. The van der Waals surface area contributed by atoms with Crippen molar-refractivity contribution in [2.75, 3.05) is 37.2 Å². The highest BCUT2D eigenvalue weighted by atomic mass is 127. The highest BCUT2D eigenvalue weighted by Gasteiger charge is 2.62. The van der Waals surface area contributed by atoms with Crippen molar-refractivity contribution in [1.82, 2.24) is 5.43 Å². The first kappa shape index (κ1) is 27.4. The Balaban J connectivity index is 1.98. The van der Waals surface area contributed by atoms with Crippen LogP contribution < -0.4 is 20.5 Å². The SMILES string of the molecule is CCOC(=O)C(NNc1ccc(OC)cc1)C1(C(=O)OCC)CCN(c2ccc(I)cc2)C(=O)C1=O. The van der Waals surface area contributed by atoms with Crippen LogP contribution in [0.2, 0.25) is 0 Å². The lowest BCUT2D eigenvalue weighted by molar-refractivity contribution is -0.172. The van der Waals surface area contributed by atoms with Crippen LogP contribution in [-0.4, -0.2) is 56.5 Å². The highest BCUT2D eigenvalue weighted by Crippen LogP contribution is 2.37. The van der Waals surface area contributed by atoms with Gasteiger partial charge in [-0.3, -0.25) is 19.2 Å². The number of ether oxygens (including phenoxy) is 3. The molecule has 0 spiro atoms. The van der Waals surface area contributed by atoms with Crippen molar-refractivity contribution >= 4 is 57.6 Å². The number of hydrogen-bond donors (Lipinski definition) is 2. The van der Waals surface area contributed by atoms with Crippen molar-refractivity contribution in [2.24, 2.45) is 5.41 Å². The zero-order valence-corrected chi connectivity index (χ0v) is 22.4. The number of benzene rings is 2. The maximum Gasteiger partial charge on any atom is 0.326 e. The van der Waals surface area contributed by atoms with E-state index in [-0.39, 0.29) is 26.2 Å². The van der Waals surface area contributed by atoms with Crippen molar-refractivity contribution in [3.63, 3.8) is 0 Å². The summed E-state index contributed by atoms with van der Waals surface area (Å²) in [7, 11) is 1.53. The summed E-state index contributed by atoms with van der Waals surface area (Å²) in [6.45, 7) is 3.18. The number of anilines is 2. The molecule has 2 atom stereocenters. The summed E-state index contributed by atoms with van der Waals surface area (Å²) >= 11 is 2.14. The second kappa shape index (κ2) is 12.2. The summed E-state index contributed by atoms with van der Waals surface area (Å²) in [6, 6.07) is 12.3. The fourth-order valence-corrected chi connectivity index (χ4v) is 4.33. The Bertz CT molecular complexity index is 1110. The maximum absolute atomic E-state index is 13.7. The standard InChI is InChI=1S/C25H28IN3O7/c1-4-35-23(32)20(28-27-17-8-12-19(34-3)13-9-17)25(24(33)36-5-2)14-15-29(22(31)21(25)30)18-10-6-16(26)7-11-18/h6-13,20,27-28H,4-5,14-15H2,1-3H3. The molecule has 2 unspecified atom stereocenters. The number of nitrogens with one attached hydrogen (secondary N) is 2. The maximum atomic E-state index is 13.7. The number of hydrogen-bond acceptors (Lipinski definition) is 9. The highest BCUT2D eigenvalue weighted by molar-refractivity contribution is 14.1. The van der Waals surface area contributed by atoms with Gasteiger partial charge < -0.3 is 24.5 Å². The number of halogens is 1. The molecule has 3 rings (SSSR count). The number of carbonyl (C=O) groups excluding carboxylic acids is 4. The first-order valence-electron chi connectivity index (χ1n) is 11.4. The molecule has 1 amide bonds. The van der Waals surface area contributed by atoms with E-state index < -0.39 is 35.1 Å². The molecule has 192 valence electrons. The number of carbonyl (C=O) groups is 4. The van der Waals surface area contributed by atoms with Crippen LogP contribution in [-0.2, 0) is 28.7 Å². The number of hydrazine groups is 1. The van der Waals surface area contributed by atoms with E-state index in [4.69, 9.17) is 14.2 Å². The first-order valence-corrected chi connectivity index (χ1v) is 12.5. The lowest BCUT2D eigenvalue weighted by Crippen LogP contribution is -2.67. The molecule has 1 saturated heterocycles. The van der Waals surface area contributed by atoms with Gasteiger partial charge in [0.25, 0.3) is 5.91 Å². The first-order chi connectivity index (χ1) is 17.3. The van der Waals surface area contributed by atoms with E-state index in [9.17, 15) is 19.2 Å². The minimum Gasteiger partial charge on any atom is -0.497 e. The van der Waals surface area contributed by atoms with Crippen molar-refractivity contribution < 1.29 is 33.4 Å². The minimum atomic E-state index is -2.13. The zero-order valence-electron chi connectivity index (χ0n) is 20.2. The number of methoxy groups -OCH3 is 1. The lowest BCUT2D eigenvalue weighted by Gasteiger charge is -2.41. The van der Waals surface area contributed by atoms with Gasteiger partial charge in [0.05, 0.1) is 20.3 Å². The quantitative estimate of drug-likeness (QED) is 0.138. The van der Waals surface area contributed by atoms with Crippen LogP contribution in [0.3, 0.4) is 0 Å². The molecule has 10 nitrogen and oxygen atoms in total. The van der Waals surface area contributed by atoms with Gasteiger partial charge in [-0.15, -0.1) is 0 Å². The number of nitrogens with zero attached hydrogens (tertiary/aromatic N) is 1. The van der Waals surface area contributed by atoms with Crippen LogP contribution in [0.25, 0.3) is 0 Å². The smallest absolute Gasteiger partial charge is 0.326 e. The molecule has 0 bridgehead atoms. The predicted molar refractivity (Wildman–Crippen MR) is 140 cm³/mol. The van der Waals surface area contributed by atoms with Gasteiger partial charge in [0.15, 0.2) is 5.41 Å². The van der Waals surface area contributed by atoms with Gasteiger partial charge in [0, 0.05) is 21.5 Å². The molecule has 2 aromatic rings. The topological polar surface area (TPSA) is 123 Å². The number of piperidine rings is 1. The van der Waals surface area contributed by atoms with Crippen LogP contribution >= 0.6 is 22.6 Å². The summed E-state index contributed by atoms with van der Waals surface area (Å²) in [5.74, 6) is -3.17. The van der Waals surface area contributed by atoms with E-state index in [1.165, 1.54) is 12.0 Å². The van der Waals surface area contributed by atoms with Gasteiger partial charge in [0.2, 0.25) is 5.78 Å². The van der Waals surface area contributed by atoms with E-state index in [1.54, 1.807) is 50.2 Å². The summed E-state index contributed by atoms with van der Waals surface area (Å²) in [5, 5.41) is 0. The molecule has 2 aromatic carbocycles. The zero-order chi connectivity index (χ0) is 26.3. The molecule has 36 heavy (non-hydrogen) atoms. The Kier molecular flexibility index (Phi) is 9.26. The Morgan fingerprint density at radius 2 is 1.67 bits per heavy atom. The van der Waals surface area contributed by atoms with Crippen LogP contribution in [0.5, 0.6) is 5.75 Å². The molecule has 1 aliphatic heterocycles. The van der Waals surface area contributed by atoms with Crippen LogP contribution in [0, 0.1) is 8.99 Å². The fourth-order valence-electron chi connectivity index (χ4n) is 3.97. The number of rotatable bonds is 10. The van der Waals surface area contributed by atoms with Crippen LogP contribution in [0.15, 0.2) is 48.5 Å². The Morgan fingerprint density at radius 1 is 1.03 bits per heavy atom. The van der Waals surface area contributed by atoms with E-state index in [0.717, 1.165) is 3.57 Å². The molecular weight excluding hydrogens is 581 g/mol. The van der Waals surface area contributed by atoms with Crippen molar-refractivity contribution in [1.29, 1.82) is 0 Å². The van der Waals surface area contributed by atoms with Gasteiger partial charge >= 0.3 is 11.9 Å². The fraction of sp³-hybridized carbons (Fsp3) is 0.360. The number of esters is 2. The Hall–Kier alpha value is -3.19. The van der Waals surface area contributed by atoms with E-state index in [2.05, 4.69) is 33.4 Å².